The molecule has 0 radical (unpaired) electrons. The molecule has 2 aromatic heterocycles. The molecular weight excluding hydrogens is 264 g/mol. The Kier molecular flexibility index (Phi) is 5.33. The summed E-state index contributed by atoms with van der Waals surface area (Å²) in [6, 6.07) is 5.98. The molecule has 0 aliphatic heterocycles. The summed E-state index contributed by atoms with van der Waals surface area (Å²) in [5.74, 6) is 3.64. The van der Waals surface area contributed by atoms with E-state index in [0.717, 1.165) is 48.4 Å². The molecule has 21 heavy (non-hydrogen) atoms. The summed E-state index contributed by atoms with van der Waals surface area (Å²) in [4.78, 5) is 11.2. The van der Waals surface area contributed by atoms with Gasteiger partial charge in [-0.15, -0.1) is 0 Å². The lowest BCUT2D eigenvalue weighted by Gasteiger charge is -2.15. The van der Waals surface area contributed by atoms with Gasteiger partial charge in [-0.3, -0.25) is 4.90 Å². The Balaban J connectivity index is 1.99. The van der Waals surface area contributed by atoms with Crippen molar-refractivity contribution in [3.8, 4) is 0 Å². The Labute approximate surface area is 126 Å². The van der Waals surface area contributed by atoms with E-state index in [0.29, 0.717) is 6.54 Å². The van der Waals surface area contributed by atoms with Gasteiger partial charge in [-0.2, -0.15) is 0 Å². The minimum atomic E-state index is 0.697. The minimum Gasteiger partial charge on any atom is -0.465 e. The Morgan fingerprint density at radius 3 is 2.67 bits per heavy atom. The summed E-state index contributed by atoms with van der Waals surface area (Å²) in [5.41, 5.74) is 0.987. The normalized spacial score (nSPS) is 11.1. The summed E-state index contributed by atoms with van der Waals surface area (Å²) in [6.07, 6.45) is 1.08. The number of nitrogens with one attached hydrogen (secondary N) is 1. The smallest absolute Gasteiger partial charge is 0.144 e. The van der Waals surface area contributed by atoms with E-state index in [-0.39, 0.29) is 0 Å². The second-order valence-electron chi connectivity index (χ2n) is 5.42. The van der Waals surface area contributed by atoms with Crippen LogP contribution in [0.25, 0.3) is 0 Å². The average molecular weight is 288 g/mol. The lowest BCUT2D eigenvalue weighted by molar-refractivity contribution is 0.279. The minimum absolute atomic E-state index is 0.697. The van der Waals surface area contributed by atoms with Gasteiger partial charge in [-0.1, -0.05) is 6.92 Å². The lowest BCUT2D eigenvalue weighted by Crippen LogP contribution is -2.19. The zero-order valence-corrected chi connectivity index (χ0v) is 13.3. The van der Waals surface area contributed by atoms with Gasteiger partial charge < -0.3 is 9.73 Å². The quantitative estimate of drug-likeness (QED) is 0.848. The van der Waals surface area contributed by atoms with Crippen molar-refractivity contribution in [2.24, 2.45) is 0 Å². The predicted octanol–water partition coefficient (Wildman–Crippen LogP) is 3.14. The van der Waals surface area contributed by atoms with Crippen LogP contribution >= 0.6 is 0 Å². The average Bonchev–Trinajstić information content (AvgIpc) is 2.80. The van der Waals surface area contributed by atoms with Crippen LogP contribution in [0.2, 0.25) is 0 Å². The first-order valence-electron chi connectivity index (χ1n) is 7.39. The van der Waals surface area contributed by atoms with Gasteiger partial charge in [0.2, 0.25) is 0 Å². The monoisotopic (exact) mass is 288 g/mol. The molecule has 5 heteroatoms. The van der Waals surface area contributed by atoms with Crippen molar-refractivity contribution in [2.75, 3.05) is 18.9 Å². The molecule has 0 aliphatic rings. The highest BCUT2D eigenvalue weighted by Crippen LogP contribution is 2.12. The summed E-state index contributed by atoms with van der Waals surface area (Å²) >= 11 is 0. The number of anilines is 1. The molecule has 2 heterocycles. The number of aromatic nitrogens is 2. The van der Waals surface area contributed by atoms with E-state index in [9.17, 15) is 0 Å². The maximum atomic E-state index is 5.60. The van der Waals surface area contributed by atoms with Crippen LogP contribution in [0.1, 0.15) is 36.4 Å². The summed E-state index contributed by atoms with van der Waals surface area (Å²) in [6.45, 7) is 8.47. The summed E-state index contributed by atoms with van der Waals surface area (Å²) < 4.78 is 5.60. The number of furan rings is 1. The standard InChI is InChI=1S/C16H24N4O/c1-5-8-17-15-9-12(2)18-16(19-15)11-20(4)10-14-7-6-13(3)21-14/h6-7,9H,5,8,10-11H2,1-4H3,(H,17,18,19). The van der Waals surface area contributed by atoms with Crippen LogP contribution in [0.5, 0.6) is 0 Å². The zero-order chi connectivity index (χ0) is 15.2. The molecule has 0 amide bonds. The Bertz CT molecular complexity index is 579. The molecule has 0 bridgehead atoms. The first-order valence-corrected chi connectivity index (χ1v) is 7.39. The number of aryl methyl sites for hydroxylation is 2. The molecule has 0 unspecified atom stereocenters. The van der Waals surface area contributed by atoms with Gasteiger partial charge >= 0.3 is 0 Å². The molecule has 0 aromatic carbocycles. The lowest BCUT2D eigenvalue weighted by atomic mass is 10.3. The van der Waals surface area contributed by atoms with Gasteiger partial charge in [-0.05, 0) is 39.4 Å². The highest BCUT2D eigenvalue weighted by Gasteiger charge is 2.08. The molecule has 0 fully saturated rings. The largest absolute Gasteiger partial charge is 0.465 e. The second-order valence-corrected chi connectivity index (χ2v) is 5.42. The fourth-order valence-electron chi connectivity index (χ4n) is 2.18. The SMILES string of the molecule is CCCNc1cc(C)nc(CN(C)Cc2ccc(C)o2)n1. The number of nitrogens with zero attached hydrogens (tertiary/aromatic N) is 3. The van der Waals surface area contributed by atoms with E-state index in [1.165, 1.54) is 0 Å². The van der Waals surface area contributed by atoms with Crippen LogP contribution in [0.4, 0.5) is 5.82 Å². The van der Waals surface area contributed by atoms with Crippen molar-refractivity contribution in [2.45, 2.75) is 40.3 Å². The molecule has 0 aliphatic carbocycles. The van der Waals surface area contributed by atoms with E-state index in [1.54, 1.807) is 0 Å². The van der Waals surface area contributed by atoms with Crippen molar-refractivity contribution < 1.29 is 4.42 Å². The molecule has 0 spiro atoms. The van der Waals surface area contributed by atoms with Gasteiger partial charge in [0.15, 0.2) is 0 Å². The fraction of sp³-hybridized carbons (Fsp3) is 0.500. The maximum Gasteiger partial charge on any atom is 0.144 e. The predicted molar refractivity (Wildman–Crippen MR) is 84.2 cm³/mol. The molecular formula is C16H24N4O. The third kappa shape index (κ3) is 4.86. The van der Waals surface area contributed by atoms with Crippen molar-refractivity contribution >= 4 is 5.82 Å². The third-order valence-corrected chi connectivity index (χ3v) is 3.09. The van der Waals surface area contributed by atoms with Crippen molar-refractivity contribution in [1.29, 1.82) is 0 Å². The van der Waals surface area contributed by atoms with Crippen LogP contribution in [0, 0.1) is 13.8 Å². The van der Waals surface area contributed by atoms with Crippen molar-refractivity contribution in [1.82, 2.24) is 14.9 Å². The molecule has 114 valence electrons. The maximum absolute atomic E-state index is 5.60. The Morgan fingerprint density at radius 2 is 2.00 bits per heavy atom. The van der Waals surface area contributed by atoms with E-state index >= 15 is 0 Å². The van der Waals surface area contributed by atoms with Crippen LogP contribution < -0.4 is 5.32 Å². The molecule has 1 N–H and O–H groups in total. The van der Waals surface area contributed by atoms with E-state index in [2.05, 4.69) is 27.1 Å². The molecule has 2 aromatic rings. The first-order chi connectivity index (χ1) is 10.1. The van der Waals surface area contributed by atoms with E-state index in [1.807, 2.05) is 39.1 Å². The van der Waals surface area contributed by atoms with E-state index < -0.39 is 0 Å². The van der Waals surface area contributed by atoms with Crippen LogP contribution in [-0.2, 0) is 13.1 Å². The van der Waals surface area contributed by atoms with Gasteiger partial charge in [-0.25, -0.2) is 9.97 Å². The molecule has 0 saturated carbocycles. The van der Waals surface area contributed by atoms with Crippen LogP contribution in [0.3, 0.4) is 0 Å². The first kappa shape index (κ1) is 15.5. The van der Waals surface area contributed by atoms with Gasteiger partial charge in [0.1, 0.15) is 23.2 Å². The fourth-order valence-corrected chi connectivity index (χ4v) is 2.18. The molecule has 0 saturated heterocycles. The van der Waals surface area contributed by atoms with Crippen molar-refractivity contribution in [3.63, 3.8) is 0 Å². The summed E-state index contributed by atoms with van der Waals surface area (Å²) in [7, 11) is 2.04. The van der Waals surface area contributed by atoms with E-state index in [4.69, 9.17) is 4.42 Å². The molecule has 5 nitrogen and oxygen atoms in total. The second kappa shape index (κ2) is 7.22. The number of hydrogen-bond donors (Lipinski definition) is 1. The molecule has 2 rings (SSSR count). The molecule has 0 atom stereocenters. The number of rotatable bonds is 7. The van der Waals surface area contributed by atoms with Gasteiger partial charge in [0.25, 0.3) is 0 Å². The highest BCUT2D eigenvalue weighted by atomic mass is 16.3. The topological polar surface area (TPSA) is 54.2 Å². The number of hydrogen-bond acceptors (Lipinski definition) is 5. The zero-order valence-electron chi connectivity index (χ0n) is 13.3. The Morgan fingerprint density at radius 1 is 1.19 bits per heavy atom. The van der Waals surface area contributed by atoms with Gasteiger partial charge in [0, 0.05) is 18.3 Å². The van der Waals surface area contributed by atoms with Gasteiger partial charge in [0.05, 0.1) is 13.1 Å². The summed E-state index contributed by atoms with van der Waals surface area (Å²) in [5, 5.41) is 3.31. The van der Waals surface area contributed by atoms with Crippen molar-refractivity contribution in [3.05, 3.63) is 41.2 Å². The van der Waals surface area contributed by atoms with Crippen LogP contribution in [0.15, 0.2) is 22.6 Å². The van der Waals surface area contributed by atoms with Crippen LogP contribution in [-0.4, -0.2) is 28.5 Å². The Hall–Kier alpha value is -1.88. The highest BCUT2D eigenvalue weighted by molar-refractivity contribution is 5.35. The third-order valence-electron chi connectivity index (χ3n) is 3.09.